The molecule has 0 bridgehead atoms. The first kappa shape index (κ1) is 20.4. The van der Waals surface area contributed by atoms with Gasteiger partial charge in [-0.3, -0.25) is 0 Å². The number of halogens is 3. The van der Waals surface area contributed by atoms with E-state index in [2.05, 4.69) is 29.6 Å². The molecule has 31 heavy (non-hydrogen) atoms. The van der Waals surface area contributed by atoms with Crippen molar-refractivity contribution < 1.29 is 9.53 Å². The highest BCUT2D eigenvalue weighted by molar-refractivity contribution is 6.36. The van der Waals surface area contributed by atoms with Gasteiger partial charge in [-0.05, 0) is 72.0 Å². The topological polar surface area (TPSA) is 38.3 Å². The molecule has 1 heterocycles. The molecular weight excluding hydrogens is 453 g/mol. The summed E-state index contributed by atoms with van der Waals surface area (Å²) >= 11 is 18.1. The van der Waals surface area contributed by atoms with Crippen LogP contribution in [0.15, 0.2) is 72.8 Å². The van der Waals surface area contributed by atoms with Gasteiger partial charge in [-0.25, -0.2) is 4.79 Å². The van der Waals surface area contributed by atoms with Gasteiger partial charge in [-0.2, -0.15) is 0 Å². The average Bonchev–Trinajstić information content (AvgIpc) is 3.24. The second-order valence-electron chi connectivity index (χ2n) is 7.79. The molecule has 0 amide bonds. The van der Waals surface area contributed by atoms with E-state index in [1.807, 2.05) is 24.3 Å². The van der Waals surface area contributed by atoms with E-state index in [1.54, 1.807) is 18.2 Å². The Morgan fingerprint density at radius 2 is 1.71 bits per heavy atom. The lowest BCUT2D eigenvalue weighted by molar-refractivity contribution is 0.0735. The second kappa shape index (κ2) is 8.23. The third-order valence-corrected chi connectivity index (χ3v) is 6.72. The summed E-state index contributed by atoms with van der Waals surface area (Å²) in [5.74, 6) is 0.600. The van der Waals surface area contributed by atoms with Crippen LogP contribution in [0.4, 0.5) is 5.69 Å². The molecule has 3 atom stereocenters. The van der Waals surface area contributed by atoms with Crippen LogP contribution >= 0.6 is 34.8 Å². The molecule has 3 aromatic rings. The van der Waals surface area contributed by atoms with Crippen LogP contribution < -0.4 is 10.1 Å². The maximum Gasteiger partial charge on any atom is 0.345 e. The molecule has 0 saturated heterocycles. The van der Waals surface area contributed by atoms with Crippen LogP contribution in [0.2, 0.25) is 15.1 Å². The molecule has 1 N–H and O–H groups in total. The number of esters is 1. The number of fused-ring (bicyclic) bond motifs is 3. The number of hydrogen-bond acceptors (Lipinski definition) is 3. The van der Waals surface area contributed by atoms with Gasteiger partial charge >= 0.3 is 5.97 Å². The second-order valence-corrected chi connectivity index (χ2v) is 9.07. The van der Waals surface area contributed by atoms with Crippen molar-refractivity contribution in [3.05, 3.63) is 105 Å². The molecule has 5 rings (SSSR count). The maximum absolute atomic E-state index is 12.6. The van der Waals surface area contributed by atoms with E-state index in [9.17, 15) is 4.79 Å². The summed E-state index contributed by atoms with van der Waals surface area (Å²) in [4.78, 5) is 12.6. The number of hydrogen-bond donors (Lipinski definition) is 1. The Labute approximate surface area is 195 Å². The molecule has 156 valence electrons. The predicted octanol–water partition coefficient (Wildman–Crippen LogP) is 7.69. The van der Waals surface area contributed by atoms with E-state index in [1.165, 1.54) is 11.6 Å². The summed E-state index contributed by atoms with van der Waals surface area (Å²) < 4.78 is 5.63. The Morgan fingerprint density at radius 1 is 0.935 bits per heavy atom. The summed E-state index contributed by atoms with van der Waals surface area (Å²) in [7, 11) is 0. The van der Waals surface area contributed by atoms with E-state index < -0.39 is 5.97 Å². The summed E-state index contributed by atoms with van der Waals surface area (Å²) in [6.07, 6.45) is 5.45. The van der Waals surface area contributed by atoms with Crippen molar-refractivity contribution in [2.75, 3.05) is 5.32 Å². The van der Waals surface area contributed by atoms with Crippen molar-refractivity contribution in [3.8, 4) is 5.75 Å². The van der Waals surface area contributed by atoms with Crippen LogP contribution in [0, 0.1) is 5.92 Å². The Morgan fingerprint density at radius 3 is 2.48 bits per heavy atom. The summed E-state index contributed by atoms with van der Waals surface area (Å²) in [5.41, 5.74) is 3.65. The number of nitrogens with one attached hydrogen (secondary N) is 1. The third kappa shape index (κ3) is 3.94. The van der Waals surface area contributed by atoms with Crippen molar-refractivity contribution in [1.82, 2.24) is 0 Å². The SMILES string of the molecule is O=C(Oc1ccc2c(c1)[C@H]1C=CC[C@@H]1[C@H](c1ccc(Cl)cc1)N2)c1ccc(Cl)cc1Cl. The number of rotatable bonds is 3. The minimum atomic E-state index is -0.511. The van der Waals surface area contributed by atoms with Crippen LogP contribution in [0.5, 0.6) is 5.75 Å². The molecule has 2 aliphatic rings. The highest BCUT2D eigenvalue weighted by atomic mass is 35.5. The van der Waals surface area contributed by atoms with Gasteiger partial charge in [0.05, 0.1) is 16.6 Å². The van der Waals surface area contributed by atoms with Gasteiger partial charge in [0.1, 0.15) is 5.75 Å². The zero-order chi connectivity index (χ0) is 21.5. The monoisotopic (exact) mass is 469 g/mol. The normalized spacial score (nSPS) is 21.2. The van der Waals surface area contributed by atoms with Gasteiger partial charge in [-0.1, -0.05) is 59.1 Å². The smallest absolute Gasteiger partial charge is 0.345 e. The Hall–Kier alpha value is -2.46. The van der Waals surface area contributed by atoms with Crippen LogP contribution in [-0.4, -0.2) is 5.97 Å². The van der Waals surface area contributed by atoms with Gasteiger partial charge < -0.3 is 10.1 Å². The lowest BCUT2D eigenvalue weighted by atomic mass is 9.77. The summed E-state index contributed by atoms with van der Waals surface area (Å²) in [5, 5.41) is 5.14. The third-order valence-electron chi connectivity index (χ3n) is 5.92. The first-order valence-corrected chi connectivity index (χ1v) is 11.1. The van der Waals surface area contributed by atoms with E-state index in [-0.39, 0.29) is 22.5 Å². The molecule has 6 heteroatoms. The van der Waals surface area contributed by atoms with Crippen molar-refractivity contribution in [2.24, 2.45) is 5.92 Å². The number of carbonyl (C=O) groups is 1. The van der Waals surface area contributed by atoms with E-state index in [0.29, 0.717) is 16.7 Å². The van der Waals surface area contributed by atoms with Gasteiger partial charge in [0.15, 0.2) is 0 Å². The van der Waals surface area contributed by atoms with Gasteiger partial charge in [0, 0.05) is 21.7 Å². The number of ether oxygens (including phenoxy) is 1. The fraction of sp³-hybridized carbons (Fsp3) is 0.160. The first-order valence-electron chi connectivity index (χ1n) is 9.99. The van der Waals surface area contributed by atoms with Gasteiger partial charge in [0.25, 0.3) is 0 Å². The van der Waals surface area contributed by atoms with E-state index in [4.69, 9.17) is 39.5 Å². The van der Waals surface area contributed by atoms with E-state index >= 15 is 0 Å². The number of anilines is 1. The van der Waals surface area contributed by atoms with Crippen molar-refractivity contribution in [1.29, 1.82) is 0 Å². The molecule has 0 saturated carbocycles. The minimum absolute atomic E-state index is 0.186. The zero-order valence-corrected chi connectivity index (χ0v) is 18.6. The molecule has 3 nitrogen and oxygen atoms in total. The first-order chi connectivity index (χ1) is 15.0. The van der Waals surface area contributed by atoms with Crippen LogP contribution in [0.1, 0.15) is 39.9 Å². The average molecular weight is 471 g/mol. The molecular formula is C25H18Cl3NO2. The van der Waals surface area contributed by atoms with Crippen molar-refractivity contribution in [3.63, 3.8) is 0 Å². The molecule has 0 unspecified atom stereocenters. The van der Waals surface area contributed by atoms with Gasteiger partial charge in [0.2, 0.25) is 0 Å². The summed E-state index contributed by atoms with van der Waals surface area (Å²) in [6.45, 7) is 0. The summed E-state index contributed by atoms with van der Waals surface area (Å²) in [6, 6.07) is 18.6. The molecule has 0 aromatic heterocycles. The van der Waals surface area contributed by atoms with Crippen molar-refractivity contribution in [2.45, 2.75) is 18.4 Å². The highest BCUT2D eigenvalue weighted by Gasteiger charge is 2.38. The molecule has 0 spiro atoms. The zero-order valence-electron chi connectivity index (χ0n) is 16.3. The Balaban J connectivity index is 1.43. The molecule has 1 aliphatic carbocycles. The largest absolute Gasteiger partial charge is 0.423 e. The number of carbonyl (C=O) groups excluding carboxylic acids is 1. The lowest BCUT2D eigenvalue weighted by Crippen LogP contribution is -2.29. The number of allylic oxidation sites excluding steroid dienone is 2. The van der Waals surface area contributed by atoms with E-state index in [0.717, 1.165) is 22.7 Å². The Kier molecular flexibility index (Phi) is 5.43. The molecule has 0 radical (unpaired) electrons. The highest BCUT2D eigenvalue weighted by Crippen LogP contribution is 2.50. The van der Waals surface area contributed by atoms with Crippen molar-refractivity contribution >= 4 is 46.5 Å². The molecule has 1 aliphatic heterocycles. The van der Waals surface area contributed by atoms with Gasteiger partial charge in [-0.15, -0.1) is 0 Å². The fourth-order valence-electron chi connectivity index (χ4n) is 4.45. The van der Waals surface area contributed by atoms with Crippen LogP contribution in [0.3, 0.4) is 0 Å². The molecule has 0 fully saturated rings. The quantitative estimate of drug-likeness (QED) is 0.242. The lowest BCUT2D eigenvalue weighted by Gasteiger charge is -2.37. The minimum Gasteiger partial charge on any atom is -0.423 e. The predicted molar refractivity (Wildman–Crippen MR) is 126 cm³/mol. The maximum atomic E-state index is 12.6. The van der Waals surface area contributed by atoms with Crippen LogP contribution in [0.25, 0.3) is 0 Å². The molecule has 3 aromatic carbocycles. The number of benzene rings is 3. The Bertz CT molecular complexity index is 1190. The standard InChI is InChI=1S/C25H18Cl3NO2/c26-15-6-4-14(5-7-15)24-19-3-1-2-18(19)21-13-17(9-11-23(21)29-24)31-25(30)20-10-8-16(27)12-22(20)28/h1-2,4-13,18-19,24,29H,3H2/t18-,19-,24-/m0/s1. The van der Waals surface area contributed by atoms with Crippen LogP contribution in [-0.2, 0) is 0 Å². The fourth-order valence-corrected chi connectivity index (χ4v) is 5.06.